The van der Waals surface area contributed by atoms with Gasteiger partial charge >= 0.3 is 6.18 Å². The van der Waals surface area contributed by atoms with Gasteiger partial charge in [-0.05, 0) is 42.8 Å². The normalized spacial score (nSPS) is 13.1. The van der Waals surface area contributed by atoms with E-state index in [4.69, 9.17) is 11.6 Å². The fourth-order valence-corrected chi connectivity index (χ4v) is 2.09. The average molecular weight is 300 g/mol. The molecule has 1 atom stereocenters. The molecule has 0 aliphatic carbocycles. The number of anilines is 1. The van der Waals surface area contributed by atoms with Gasteiger partial charge in [0, 0.05) is 16.8 Å². The minimum atomic E-state index is -4.34. The van der Waals surface area contributed by atoms with Gasteiger partial charge in [-0.3, -0.25) is 0 Å². The maximum atomic E-state index is 12.6. The van der Waals surface area contributed by atoms with Gasteiger partial charge in [0.25, 0.3) is 0 Å². The minimum absolute atomic E-state index is 0.141. The monoisotopic (exact) mass is 299 g/mol. The van der Waals surface area contributed by atoms with E-state index in [0.717, 1.165) is 17.7 Å². The Hall–Kier alpha value is -1.68. The van der Waals surface area contributed by atoms with Crippen LogP contribution in [0.3, 0.4) is 0 Å². The summed E-state index contributed by atoms with van der Waals surface area (Å²) in [5.41, 5.74) is 0.669. The summed E-state index contributed by atoms with van der Waals surface area (Å²) in [5.74, 6) is 0. The molecule has 5 heteroatoms. The third kappa shape index (κ3) is 3.67. The van der Waals surface area contributed by atoms with Gasteiger partial charge < -0.3 is 5.32 Å². The van der Waals surface area contributed by atoms with Crippen molar-refractivity contribution in [1.82, 2.24) is 0 Å². The molecule has 106 valence electrons. The van der Waals surface area contributed by atoms with Crippen LogP contribution in [0.5, 0.6) is 0 Å². The number of alkyl halides is 3. The first kappa shape index (κ1) is 14.7. The molecule has 1 unspecified atom stereocenters. The molecule has 0 heterocycles. The SMILES string of the molecule is CC(Nc1cccc(C(F)(F)F)c1)c1cccc(Cl)c1. The Morgan fingerprint density at radius 2 is 1.75 bits per heavy atom. The number of benzene rings is 2. The molecule has 2 aromatic rings. The third-order valence-corrected chi connectivity index (χ3v) is 3.16. The van der Waals surface area contributed by atoms with E-state index in [1.807, 2.05) is 19.1 Å². The predicted molar refractivity (Wildman–Crippen MR) is 74.9 cm³/mol. The molecule has 2 rings (SSSR count). The van der Waals surface area contributed by atoms with Gasteiger partial charge in [-0.25, -0.2) is 0 Å². The molecule has 0 radical (unpaired) electrons. The van der Waals surface area contributed by atoms with Gasteiger partial charge in [0.05, 0.1) is 5.56 Å². The van der Waals surface area contributed by atoms with E-state index in [2.05, 4.69) is 5.32 Å². The molecule has 0 bridgehead atoms. The molecular weight excluding hydrogens is 287 g/mol. The molecular formula is C15H13ClF3N. The second-order valence-electron chi connectivity index (χ2n) is 4.50. The van der Waals surface area contributed by atoms with Crippen LogP contribution in [0.2, 0.25) is 5.02 Å². The largest absolute Gasteiger partial charge is 0.416 e. The van der Waals surface area contributed by atoms with Crippen LogP contribution in [-0.4, -0.2) is 0 Å². The number of nitrogens with one attached hydrogen (secondary N) is 1. The van der Waals surface area contributed by atoms with Crippen LogP contribution in [0, 0.1) is 0 Å². The Labute approximate surface area is 120 Å². The van der Waals surface area contributed by atoms with E-state index in [0.29, 0.717) is 10.7 Å². The molecule has 1 N–H and O–H groups in total. The maximum Gasteiger partial charge on any atom is 0.416 e. The second kappa shape index (κ2) is 5.75. The smallest absolute Gasteiger partial charge is 0.379 e. The molecule has 20 heavy (non-hydrogen) atoms. The Kier molecular flexibility index (Phi) is 4.23. The van der Waals surface area contributed by atoms with Crippen LogP contribution in [0.15, 0.2) is 48.5 Å². The van der Waals surface area contributed by atoms with E-state index in [1.165, 1.54) is 6.07 Å². The molecule has 2 aromatic carbocycles. The zero-order chi connectivity index (χ0) is 14.8. The highest BCUT2D eigenvalue weighted by atomic mass is 35.5. The van der Waals surface area contributed by atoms with Crippen molar-refractivity contribution in [3.63, 3.8) is 0 Å². The molecule has 0 spiro atoms. The van der Waals surface area contributed by atoms with Crippen LogP contribution in [0.1, 0.15) is 24.1 Å². The average Bonchev–Trinajstić information content (AvgIpc) is 2.38. The van der Waals surface area contributed by atoms with Crippen molar-refractivity contribution >= 4 is 17.3 Å². The third-order valence-electron chi connectivity index (χ3n) is 2.92. The van der Waals surface area contributed by atoms with E-state index in [-0.39, 0.29) is 6.04 Å². The number of hydrogen-bond donors (Lipinski definition) is 1. The van der Waals surface area contributed by atoms with Crippen LogP contribution in [0.25, 0.3) is 0 Å². The van der Waals surface area contributed by atoms with Gasteiger partial charge in [-0.15, -0.1) is 0 Å². The first-order chi connectivity index (χ1) is 9.36. The molecule has 0 fully saturated rings. The van der Waals surface area contributed by atoms with Crippen molar-refractivity contribution in [3.8, 4) is 0 Å². The van der Waals surface area contributed by atoms with E-state index in [9.17, 15) is 13.2 Å². The first-order valence-electron chi connectivity index (χ1n) is 6.05. The van der Waals surface area contributed by atoms with E-state index in [1.54, 1.807) is 18.2 Å². The number of hydrogen-bond acceptors (Lipinski definition) is 1. The van der Waals surface area contributed by atoms with Gasteiger partial charge in [0.2, 0.25) is 0 Å². The first-order valence-corrected chi connectivity index (χ1v) is 6.43. The molecule has 1 nitrogen and oxygen atoms in total. The van der Waals surface area contributed by atoms with E-state index >= 15 is 0 Å². The van der Waals surface area contributed by atoms with Crippen molar-refractivity contribution in [2.24, 2.45) is 0 Å². The molecule has 0 aromatic heterocycles. The summed E-state index contributed by atoms with van der Waals surface area (Å²) in [4.78, 5) is 0. The molecule has 0 aliphatic rings. The standard InChI is InChI=1S/C15H13ClF3N/c1-10(11-4-2-6-13(16)8-11)20-14-7-3-5-12(9-14)15(17,18)19/h2-10,20H,1H3. The second-order valence-corrected chi connectivity index (χ2v) is 4.94. The van der Waals surface area contributed by atoms with Crippen LogP contribution in [0.4, 0.5) is 18.9 Å². The molecule has 0 saturated heterocycles. The lowest BCUT2D eigenvalue weighted by Crippen LogP contribution is -2.09. The lowest BCUT2D eigenvalue weighted by atomic mass is 10.1. The minimum Gasteiger partial charge on any atom is -0.379 e. The molecule has 0 saturated carbocycles. The van der Waals surface area contributed by atoms with E-state index < -0.39 is 11.7 Å². The lowest BCUT2D eigenvalue weighted by molar-refractivity contribution is -0.137. The van der Waals surface area contributed by atoms with Crippen molar-refractivity contribution in [2.45, 2.75) is 19.1 Å². The summed E-state index contributed by atoms with van der Waals surface area (Å²) in [6.07, 6.45) is -4.34. The highest BCUT2D eigenvalue weighted by Crippen LogP contribution is 2.31. The van der Waals surface area contributed by atoms with Crippen LogP contribution in [-0.2, 0) is 6.18 Å². The zero-order valence-corrected chi connectivity index (χ0v) is 11.5. The van der Waals surface area contributed by atoms with Crippen LogP contribution < -0.4 is 5.32 Å². The van der Waals surface area contributed by atoms with Gasteiger partial charge in [0.15, 0.2) is 0 Å². The summed E-state index contributed by atoms with van der Waals surface area (Å²) in [6.45, 7) is 1.87. The fraction of sp³-hybridized carbons (Fsp3) is 0.200. The predicted octanol–water partition coefficient (Wildman–Crippen LogP) is 5.53. The summed E-state index contributed by atoms with van der Waals surface area (Å²) in [7, 11) is 0. The van der Waals surface area contributed by atoms with Gasteiger partial charge in [0.1, 0.15) is 0 Å². The number of halogens is 4. The zero-order valence-electron chi connectivity index (χ0n) is 10.7. The Morgan fingerprint density at radius 3 is 2.40 bits per heavy atom. The van der Waals surface area contributed by atoms with Gasteiger partial charge in [-0.1, -0.05) is 29.8 Å². The Balaban J connectivity index is 2.18. The summed E-state index contributed by atoms with van der Waals surface area (Å²) in [5, 5.41) is 3.64. The fourth-order valence-electron chi connectivity index (χ4n) is 1.89. The van der Waals surface area contributed by atoms with Crippen molar-refractivity contribution in [1.29, 1.82) is 0 Å². The highest BCUT2D eigenvalue weighted by Gasteiger charge is 2.30. The highest BCUT2D eigenvalue weighted by molar-refractivity contribution is 6.30. The van der Waals surface area contributed by atoms with Crippen LogP contribution >= 0.6 is 11.6 Å². The summed E-state index contributed by atoms with van der Waals surface area (Å²) < 4.78 is 37.9. The topological polar surface area (TPSA) is 12.0 Å². The molecule has 0 amide bonds. The maximum absolute atomic E-state index is 12.6. The lowest BCUT2D eigenvalue weighted by Gasteiger charge is -2.17. The quantitative estimate of drug-likeness (QED) is 0.785. The van der Waals surface area contributed by atoms with Crippen molar-refractivity contribution < 1.29 is 13.2 Å². The summed E-state index contributed by atoms with van der Waals surface area (Å²) in [6, 6.07) is 12.2. The summed E-state index contributed by atoms with van der Waals surface area (Å²) >= 11 is 5.90. The molecule has 0 aliphatic heterocycles. The van der Waals surface area contributed by atoms with Crippen molar-refractivity contribution in [2.75, 3.05) is 5.32 Å². The van der Waals surface area contributed by atoms with Crippen molar-refractivity contribution in [3.05, 3.63) is 64.7 Å². The Morgan fingerprint density at radius 1 is 1.05 bits per heavy atom. The Bertz CT molecular complexity index is 596. The van der Waals surface area contributed by atoms with Gasteiger partial charge in [-0.2, -0.15) is 13.2 Å². The number of rotatable bonds is 3.